The van der Waals surface area contributed by atoms with Crippen molar-refractivity contribution in [3.8, 4) is 0 Å². The number of hydrogen-bond acceptors (Lipinski definition) is 3. The second-order valence-electron chi connectivity index (χ2n) is 6.52. The van der Waals surface area contributed by atoms with Crippen molar-refractivity contribution in [1.29, 1.82) is 0 Å². The Labute approximate surface area is 190 Å². The first-order valence-electron chi connectivity index (χ1n) is 8.72. The number of carbonyl (C=O) groups excluding carboxylic acids is 1. The zero-order chi connectivity index (χ0) is 21.9. The highest BCUT2D eigenvalue weighted by Gasteiger charge is 2.19. The summed E-state index contributed by atoms with van der Waals surface area (Å²) in [5.74, 6) is -0.380. The minimum atomic E-state index is -3.55. The van der Waals surface area contributed by atoms with Gasteiger partial charge in [-0.05, 0) is 60.2 Å². The van der Waals surface area contributed by atoms with E-state index >= 15 is 0 Å². The quantitative estimate of drug-likeness (QED) is 0.477. The fourth-order valence-corrected chi connectivity index (χ4v) is 4.19. The lowest BCUT2D eigenvalue weighted by Crippen LogP contribution is -2.29. The van der Waals surface area contributed by atoms with Gasteiger partial charge in [-0.15, -0.1) is 0 Å². The molecule has 1 N–H and O–H groups in total. The summed E-state index contributed by atoms with van der Waals surface area (Å²) >= 11 is 17.8. The molecule has 0 unspecified atom stereocenters. The molecule has 9 heteroatoms. The van der Waals surface area contributed by atoms with Gasteiger partial charge >= 0.3 is 0 Å². The summed E-state index contributed by atoms with van der Waals surface area (Å²) < 4.78 is 25.9. The van der Waals surface area contributed by atoms with Crippen LogP contribution in [-0.4, -0.2) is 20.6 Å². The summed E-state index contributed by atoms with van der Waals surface area (Å²) in [5, 5.41) is 4.05. The molecule has 0 fully saturated rings. The normalized spacial score (nSPS) is 11.2. The van der Waals surface area contributed by atoms with Gasteiger partial charge in [0.25, 0.3) is 5.91 Å². The van der Waals surface area contributed by atoms with Gasteiger partial charge in [-0.2, -0.15) is 0 Å². The zero-order valence-corrected chi connectivity index (χ0v) is 18.9. The Bertz CT molecular complexity index is 1170. The predicted molar refractivity (Wildman–Crippen MR) is 123 cm³/mol. The van der Waals surface area contributed by atoms with Crippen molar-refractivity contribution in [1.82, 2.24) is 0 Å². The van der Waals surface area contributed by atoms with Crippen LogP contribution < -0.4 is 9.62 Å². The number of nitrogens with zero attached hydrogens (tertiary/aromatic N) is 1. The molecule has 0 aliphatic carbocycles. The number of anilines is 2. The molecule has 0 bridgehead atoms. The average molecular weight is 484 g/mol. The molecule has 3 aromatic rings. The second-order valence-corrected chi connectivity index (χ2v) is 9.71. The van der Waals surface area contributed by atoms with Gasteiger partial charge in [0, 0.05) is 15.6 Å². The highest BCUT2D eigenvalue weighted by molar-refractivity contribution is 7.92. The summed E-state index contributed by atoms with van der Waals surface area (Å²) in [7, 11) is -3.55. The van der Waals surface area contributed by atoms with E-state index in [1.807, 2.05) is 0 Å². The highest BCUT2D eigenvalue weighted by Crippen LogP contribution is 2.26. The van der Waals surface area contributed by atoms with Gasteiger partial charge in [0.1, 0.15) is 0 Å². The Morgan fingerprint density at radius 1 is 0.900 bits per heavy atom. The van der Waals surface area contributed by atoms with Crippen molar-refractivity contribution < 1.29 is 13.2 Å². The summed E-state index contributed by atoms with van der Waals surface area (Å²) in [6.07, 6.45) is 1.13. The van der Waals surface area contributed by atoms with Crippen LogP contribution in [0.5, 0.6) is 0 Å². The maximum Gasteiger partial charge on any atom is 0.255 e. The molecule has 156 valence electrons. The van der Waals surface area contributed by atoms with E-state index in [2.05, 4.69) is 5.32 Å². The molecule has 0 radical (unpaired) electrons. The molecule has 0 heterocycles. The number of amides is 1. The summed E-state index contributed by atoms with van der Waals surface area (Å²) in [4.78, 5) is 12.5. The van der Waals surface area contributed by atoms with Gasteiger partial charge < -0.3 is 5.32 Å². The van der Waals surface area contributed by atoms with Crippen LogP contribution in [-0.2, 0) is 16.6 Å². The van der Waals surface area contributed by atoms with Gasteiger partial charge in [-0.25, -0.2) is 8.42 Å². The Hall–Kier alpha value is -2.25. The summed E-state index contributed by atoms with van der Waals surface area (Å²) in [6.45, 7) is 0.141. The lowest BCUT2D eigenvalue weighted by atomic mass is 10.1. The van der Waals surface area contributed by atoms with Crippen molar-refractivity contribution in [3.63, 3.8) is 0 Å². The number of rotatable bonds is 6. The van der Waals surface area contributed by atoms with Crippen LogP contribution in [0.2, 0.25) is 15.1 Å². The van der Waals surface area contributed by atoms with E-state index in [0.29, 0.717) is 32.0 Å². The van der Waals surface area contributed by atoms with Crippen molar-refractivity contribution in [3.05, 3.63) is 92.9 Å². The van der Waals surface area contributed by atoms with E-state index in [0.717, 1.165) is 11.8 Å². The molecule has 0 aromatic heterocycles. The van der Waals surface area contributed by atoms with E-state index in [-0.39, 0.29) is 12.5 Å². The van der Waals surface area contributed by atoms with Gasteiger partial charge in [-0.3, -0.25) is 9.10 Å². The van der Waals surface area contributed by atoms with Crippen LogP contribution in [0, 0.1) is 0 Å². The molecule has 0 saturated heterocycles. The van der Waals surface area contributed by atoms with E-state index in [1.54, 1.807) is 60.7 Å². The second kappa shape index (κ2) is 9.27. The van der Waals surface area contributed by atoms with Gasteiger partial charge in [0.05, 0.1) is 29.2 Å². The maximum absolute atomic E-state index is 12.5. The molecular formula is C21H17Cl3N2O3S. The topological polar surface area (TPSA) is 66.5 Å². The molecule has 30 heavy (non-hydrogen) atoms. The number of benzene rings is 3. The largest absolute Gasteiger partial charge is 0.321 e. The van der Waals surface area contributed by atoms with Crippen molar-refractivity contribution >= 4 is 62.1 Å². The average Bonchev–Trinajstić information content (AvgIpc) is 2.69. The van der Waals surface area contributed by atoms with Gasteiger partial charge in [0.2, 0.25) is 10.0 Å². The Balaban J connectivity index is 1.80. The third-order valence-electron chi connectivity index (χ3n) is 4.24. The number of carbonyl (C=O) groups is 1. The Morgan fingerprint density at radius 2 is 1.50 bits per heavy atom. The third-order valence-corrected chi connectivity index (χ3v) is 6.18. The Morgan fingerprint density at radius 3 is 2.07 bits per heavy atom. The third kappa shape index (κ3) is 5.67. The van der Waals surface area contributed by atoms with E-state index < -0.39 is 10.0 Å². The SMILES string of the molecule is CS(=O)(=O)N(Cc1ccc(Cl)cc1)c1ccc(C(=O)Nc2ccc(Cl)cc2Cl)cc1. The van der Waals surface area contributed by atoms with Crippen LogP contribution in [0.1, 0.15) is 15.9 Å². The van der Waals surface area contributed by atoms with Crippen LogP contribution >= 0.6 is 34.8 Å². The first-order chi connectivity index (χ1) is 14.1. The predicted octanol–water partition coefficient (Wildman–Crippen LogP) is 5.87. The molecule has 0 spiro atoms. The van der Waals surface area contributed by atoms with Crippen molar-refractivity contribution in [2.24, 2.45) is 0 Å². The van der Waals surface area contributed by atoms with Crippen molar-refractivity contribution in [2.45, 2.75) is 6.54 Å². The zero-order valence-electron chi connectivity index (χ0n) is 15.8. The smallest absolute Gasteiger partial charge is 0.255 e. The number of sulfonamides is 1. The minimum absolute atomic E-state index is 0.141. The molecule has 0 saturated carbocycles. The Kier molecular flexibility index (Phi) is 6.93. The number of halogens is 3. The van der Waals surface area contributed by atoms with Crippen molar-refractivity contribution in [2.75, 3.05) is 15.9 Å². The standard InChI is InChI=1S/C21H17Cl3N2O3S/c1-30(28,29)26(13-14-2-6-16(22)7-3-14)18-9-4-15(5-10-18)21(27)25-20-11-8-17(23)12-19(20)24/h2-12H,13H2,1H3,(H,25,27). The summed E-state index contributed by atoms with van der Waals surface area (Å²) in [6, 6.07) is 17.9. The molecular weight excluding hydrogens is 467 g/mol. The van der Waals surface area contributed by atoms with E-state index in [4.69, 9.17) is 34.8 Å². The van der Waals surface area contributed by atoms with Crippen LogP contribution in [0.3, 0.4) is 0 Å². The lowest BCUT2D eigenvalue weighted by molar-refractivity contribution is 0.102. The highest BCUT2D eigenvalue weighted by atomic mass is 35.5. The monoisotopic (exact) mass is 482 g/mol. The maximum atomic E-state index is 12.5. The fraction of sp³-hybridized carbons (Fsp3) is 0.0952. The molecule has 5 nitrogen and oxygen atoms in total. The first kappa shape index (κ1) is 22.4. The van der Waals surface area contributed by atoms with Crippen LogP contribution in [0.4, 0.5) is 11.4 Å². The van der Waals surface area contributed by atoms with E-state index in [9.17, 15) is 13.2 Å². The molecule has 3 rings (SSSR count). The molecule has 3 aromatic carbocycles. The molecule has 0 atom stereocenters. The number of nitrogens with one attached hydrogen (secondary N) is 1. The first-order valence-corrected chi connectivity index (χ1v) is 11.7. The minimum Gasteiger partial charge on any atom is -0.321 e. The van der Waals surface area contributed by atoms with E-state index in [1.165, 1.54) is 10.4 Å². The molecule has 1 amide bonds. The van der Waals surface area contributed by atoms with Crippen LogP contribution in [0.15, 0.2) is 66.7 Å². The van der Waals surface area contributed by atoms with Crippen LogP contribution in [0.25, 0.3) is 0 Å². The van der Waals surface area contributed by atoms with Gasteiger partial charge in [-0.1, -0.05) is 46.9 Å². The fourth-order valence-electron chi connectivity index (χ4n) is 2.72. The summed E-state index contributed by atoms with van der Waals surface area (Å²) in [5.41, 5.74) is 2.00. The number of hydrogen-bond donors (Lipinski definition) is 1. The van der Waals surface area contributed by atoms with Gasteiger partial charge in [0.15, 0.2) is 0 Å². The molecule has 0 aliphatic heterocycles. The lowest BCUT2D eigenvalue weighted by Gasteiger charge is -2.23. The molecule has 0 aliphatic rings.